The van der Waals surface area contributed by atoms with Gasteiger partial charge in [-0.05, 0) is 122 Å². The quantitative estimate of drug-likeness (QED) is 0.343. The van der Waals surface area contributed by atoms with Gasteiger partial charge in [-0.2, -0.15) is 5.26 Å². The van der Waals surface area contributed by atoms with Gasteiger partial charge in [0, 0.05) is 18.7 Å². The van der Waals surface area contributed by atoms with Crippen LogP contribution >= 0.6 is 0 Å². The fraction of sp³-hybridized carbons (Fsp3) is 0.424. The third-order valence-electron chi connectivity index (χ3n) is 7.89. The van der Waals surface area contributed by atoms with Gasteiger partial charge >= 0.3 is 0 Å². The summed E-state index contributed by atoms with van der Waals surface area (Å²) in [6.45, 7) is 12.2. The predicted molar refractivity (Wildman–Crippen MR) is 152 cm³/mol. The molecule has 3 aromatic rings. The monoisotopic (exact) mass is 510 g/mol. The molecule has 1 fully saturated rings. The van der Waals surface area contributed by atoms with Crippen molar-refractivity contribution in [2.75, 3.05) is 18.5 Å². The normalized spacial score (nSPS) is 19.7. The number of hydrogen-bond acceptors (Lipinski definition) is 5. The summed E-state index contributed by atoms with van der Waals surface area (Å²) in [6, 6.07) is 19.8. The number of aryl methyl sites for hydroxylation is 3. The first-order chi connectivity index (χ1) is 18.2. The molecule has 0 amide bonds. The molecule has 1 heterocycles. The minimum atomic E-state index is -0.539. The lowest BCUT2D eigenvalue weighted by molar-refractivity contribution is -0.141. The number of benzene rings is 3. The van der Waals surface area contributed by atoms with Crippen LogP contribution in [0.15, 0.2) is 48.5 Å². The number of nitrogens with one attached hydrogen (secondary N) is 1. The Hall–Kier alpha value is -3.33. The smallest absolute Gasteiger partial charge is 0.163 e. The Morgan fingerprint density at radius 1 is 1.08 bits per heavy atom. The minimum absolute atomic E-state index is 0.0543. The topological polar surface area (TPSA) is 63.5 Å². The van der Waals surface area contributed by atoms with Crippen molar-refractivity contribution in [1.82, 2.24) is 0 Å². The van der Waals surface area contributed by atoms with E-state index in [1.807, 2.05) is 13.8 Å². The standard InChI is InChI=1S/C33H38N2O3/c1-21-15-28(36-19-29-20-37-33(4,5)38-29)16-22(2)32(21)30-8-6-7-26(23(30)3)18-35-27-11-12-31-24(13-14-34)9-10-25(31)17-27/h6-8,11-12,15-17,24,29,35H,9-10,13,18-20H2,1-5H3/t24?,29-/m0/s1. The Kier molecular flexibility index (Phi) is 7.47. The molecule has 2 atom stereocenters. The lowest BCUT2D eigenvalue weighted by Crippen LogP contribution is -2.25. The lowest BCUT2D eigenvalue weighted by Gasteiger charge is -2.19. The molecule has 0 aromatic heterocycles. The van der Waals surface area contributed by atoms with Gasteiger partial charge < -0.3 is 19.5 Å². The van der Waals surface area contributed by atoms with Crippen LogP contribution in [0.5, 0.6) is 5.75 Å². The second kappa shape index (κ2) is 10.8. The molecule has 2 aliphatic rings. The van der Waals surface area contributed by atoms with Crippen LogP contribution in [0.3, 0.4) is 0 Å². The van der Waals surface area contributed by atoms with Gasteiger partial charge in [0.15, 0.2) is 5.79 Å². The summed E-state index contributed by atoms with van der Waals surface area (Å²) in [5, 5.41) is 12.7. The molecule has 1 aliphatic heterocycles. The number of rotatable bonds is 8. The van der Waals surface area contributed by atoms with E-state index in [2.05, 4.69) is 80.7 Å². The van der Waals surface area contributed by atoms with Crippen LogP contribution in [0.2, 0.25) is 0 Å². The number of nitrogens with zero attached hydrogens (tertiary/aromatic N) is 1. The van der Waals surface area contributed by atoms with Crippen LogP contribution in [0.4, 0.5) is 5.69 Å². The molecular formula is C33H38N2O3. The largest absolute Gasteiger partial charge is 0.491 e. The third kappa shape index (κ3) is 5.57. The summed E-state index contributed by atoms with van der Waals surface area (Å²) in [7, 11) is 0. The molecule has 38 heavy (non-hydrogen) atoms. The van der Waals surface area contributed by atoms with E-state index in [4.69, 9.17) is 19.5 Å². The van der Waals surface area contributed by atoms with Crippen molar-refractivity contribution in [1.29, 1.82) is 5.26 Å². The van der Waals surface area contributed by atoms with E-state index in [0.717, 1.165) is 30.8 Å². The Bertz CT molecular complexity index is 1350. The molecule has 1 aliphatic carbocycles. The van der Waals surface area contributed by atoms with Gasteiger partial charge in [0.2, 0.25) is 0 Å². The predicted octanol–water partition coefficient (Wildman–Crippen LogP) is 7.36. The SMILES string of the molecule is Cc1cc(OC[C@H]2COC(C)(C)O2)cc(C)c1-c1cccc(CNc2ccc3c(c2)CCC3CC#N)c1C. The molecule has 5 heteroatoms. The molecule has 0 radical (unpaired) electrons. The van der Waals surface area contributed by atoms with Gasteiger partial charge in [-0.3, -0.25) is 0 Å². The third-order valence-corrected chi connectivity index (χ3v) is 7.89. The Morgan fingerprint density at radius 2 is 1.87 bits per heavy atom. The summed E-state index contributed by atoms with van der Waals surface area (Å²) in [6.07, 6.45) is 2.70. The summed E-state index contributed by atoms with van der Waals surface area (Å²) < 4.78 is 17.6. The van der Waals surface area contributed by atoms with E-state index in [-0.39, 0.29) is 6.10 Å². The minimum Gasteiger partial charge on any atom is -0.491 e. The number of hydrogen-bond donors (Lipinski definition) is 1. The van der Waals surface area contributed by atoms with E-state index in [0.29, 0.717) is 25.6 Å². The highest BCUT2D eigenvalue weighted by Gasteiger charge is 2.33. The zero-order chi connectivity index (χ0) is 26.9. The maximum absolute atomic E-state index is 9.10. The van der Waals surface area contributed by atoms with Crippen molar-refractivity contribution in [3.8, 4) is 22.9 Å². The van der Waals surface area contributed by atoms with Gasteiger partial charge in [-0.1, -0.05) is 24.3 Å². The van der Waals surface area contributed by atoms with E-state index >= 15 is 0 Å². The molecular weight excluding hydrogens is 472 g/mol. The first-order valence-corrected chi connectivity index (χ1v) is 13.6. The molecule has 0 spiro atoms. The molecule has 1 N–H and O–H groups in total. The highest BCUT2D eigenvalue weighted by atomic mass is 16.7. The van der Waals surface area contributed by atoms with Crippen molar-refractivity contribution < 1.29 is 14.2 Å². The van der Waals surface area contributed by atoms with Crippen LogP contribution in [0, 0.1) is 32.1 Å². The molecule has 0 bridgehead atoms. The fourth-order valence-electron chi connectivity index (χ4n) is 5.95. The number of anilines is 1. The number of ether oxygens (including phenoxy) is 3. The van der Waals surface area contributed by atoms with Gasteiger partial charge in [0.05, 0.1) is 12.7 Å². The zero-order valence-electron chi connectivity index (χ0n) is 23.2. The van der Waals surface area contributed by atoms with Gasteiger partial charge in [-0.25, -0.2) is 0 Å². The summed E-state index contributed by atoms with van der Waals surface area (Å²) in [5.41, 5.74) is 11.4. The highest BCUT2D eigenvalue weighted by molar-refractivity contribution is 5.75. The number of fused-ring (bicyclic) bond motifs is 1. The van der Waals surface area contributed by atoms with Crippen LogP contribution in [-0.2, 0) is 22.4 Å². The fourth-order valence-corrected chi connectivity index (χ4v) is 5.95. The maximum atomic E-state index is 9.10. The molecule has 1 unspecified atom stereocenters. The molecule has 198 valence electrons. The van der Waals surface area contributed by atoms with Crippen molar-refractivity contribution in [3.05, 3.63) is 81.9 Å². The van der Waals surface area contributed by atoms with Crippen molar-refractivity contribution >= 4 is 5.69 Å². The summed E-state index contributed by atoms with van der Waals surface area (Å²) >= 11 is 0. The van der Waals surface area contributed by atoms with Crippen LogP contribution < -0.4 is 10.1 Å². The van der Waals surface area contributed by atoms with E-state index in [1.165, 1.54) is 44.5 Å². The Balaban J connectivity index is 1.29. The number of nitriles is 1. The average molecular weight is 511 g/mol. The molecule has 5 nitrogen and oxygen atoms in total. The van der Waals surface area contributed by atoms with Gasteiger partial charge in [0.1, 0.15) is 18.5 Å². The van der Waals surface area contributed by atoms with E-state index in [1.54, 1.807) is 0 Å². The molecule has 5 rings (SSSR count). The molecule has 3 aromatic carbocycles. The van der Waals surface area contributed by atoms with Crippen molar-refractivity contribution in [2.24, 2.45) is 0 Å². The van der Waals surface area contributed by atoms with Crippen LogP contribution in [0.25, 0.3) is 11.1 Å². The maximum Gasteiger partial charge on any atom is 0.163 e. The van der Waals surface area contributed by atoms with E-state index in [9.17, 15) is 0 Å². The van der Waals surface area contributed by atoms with Crippen LogP contribution in [0.1, 0.15) is 66.0 Å². The van der Waals surface area contributed by atoms with Crippen LogP contribution in [-0.4, -0.2) is 25.1 Å². The van der Waals surface area contributed by atoms with Crippen molar-refractivity contribution in [3.63, 3.8) is 0 Å². The Labute approximate surface area is 226 Å². The highest BCUT2D eigenvalue weighted by Crippen LogP contribution is 2.37. The van der Waals surface area contributed by atoms with Gasteiger partial charge in [0.25, 0.3) is 0 Å². The first-order valence-electron chi connectivity index (χ1n) is 13.6. The second-order valence-electron chi connectivity index (χ2n) is 11.1. The van der Waals surface area contributed by atoms with Crippen molar-refractivity contribution in [2.45, 2.75) is 78.2 Å². The van der Waals surface area contributed by atoms with E-state index < -0.39 is 5.79 Å². The average Bonchev–Trinajstić information content (AvgIpc) is 3.44. The summed E-state index contributed by atoms with van der Waals surface area (Å²) in [5.74, 6) is 0.715. The summed E-state index contributed by atoms with van der Waals surface area (Å²) in [4.78, 5) is 0. The first kappa shape index (κ1) is 26.3. The Morgan fingerprint density at radius 3 is 2.58 bits per heavy atom. The molecule has 1 saturated heterocycles. The zero-order valence-corrected chi connectivity index (χ0v) is 23.2. The lowest BCUT2D eigenvalue weighted by atomic mass is 9.90. The van der Waals surface area contributed by atoms with Gasteiger partial charge in [-0.15, -0.1) is 0 Å². The molecule has 0 saturated carbocycles. The second-order valence-corrected chi connectivity index (χ2v) is 11.1.